The monoisotopic (exact) mass is 259 g/mol. The first-order chi connectivity index (χ1) is 8.42. The van der Waals surface area contributed by atoms with Crippen molar-refractivity contribution in [2.75, 3.05) is 20.8 Å². The molecule has 0 aromatic rings. The maximum Gasteiger partial charge on any atom is 0.242 e. The van der Waals surface area contributed by atoms with Gasteiger partial charge in [0.25, 0.3) is 0 Å². The summed E-state index contributed by atoms with van der Waals surface area (Å²) in [6.07, 6.45) is 1.02. The number of ether oxygens (including phenoxy) is 1. The summed E-state index contributed by atoms with van der Waals surface area (Å²) in [5.41, 5.74) is 5.70. The number of rotatable bonds is 8. The fourth-order valence-corrected chi connectivity index (χ4v) is 1.53. The van der Waals surface area contributed by atoms with Crippen LogP contribution in [0.2, 0.25) is 0 Å². The molecule has 0 saturated heterocycles. The summed E-state index contributed by atoms with van der Waals surface area (Å²) in [6.45, 7) is 4.41. The largest absolute Gasteiger partial charge is 0.385 e. The van der Waals surface area contributed by atoms with Crippen molar-refractivity contribution in [3.63, 3.8) is 0 Å². The number of nitrogens with two attached hydrogens (primary N) is 1. The number of hydrogen-bond donors (Lipinski definition) is 3. The van der Waals surface area contributed by atoms with E-state index in [2.05, 4.69) is 10.6 Å². The molecule has 2 amide bonds. The summed E-state index contributed by atoms with van der Waals surface area (Å²) in [5, 5.41) is 5.21. The van der Waals surface area contributed by atoms with E-state index in [-0.39, 0.29) is 11.8 Å². The lowest BCUT2D eigenvalue weighted by molar-refractivity contribution is -0.129. The zero-order valence-electron chi connectivity index (χ0n) is 11.7. The first-order valence-corrected chi connectivity index (χ1v) is 6.18. The number of carbonyl (C=O) groups is 2. The Kier molecular flexibility index (Phi) is 8.32. The second-order valence-corrected chi connectivity index (χ2v) is 4.69. The Morgan fingerprint density at radius 3 is 2.33 bits per heavy atom. The van der Waals surface area contributed by atoms with E-state index in [1.54, 1.807) is 14.2 Å². The molecule has 0 aromatic heterocycles. The molecule has 106 valence electrons. The lowest BCUT2D eigenvalue weighted by atomic mass is 10.0. The molecule has 0 spiro atoms. The molecule has 4 N–H and O–H groups in total. The number of likely N-dealkylation sites (N-methyl/N-ethyl adjacent to an activating group) is 1. The van der Waals surface area contributed by atoms with Crippen LogP contribution in [0.4, 0.5) is 0 Å². The molecule has 0 aliphatic heterocycles. The summed E-state index contributed by atoms with van der Waals surface area (Å²) in [6, 6.07) is -1.18. The Labute approximate surface area is 109 Å². The fraction of sp³-hybridized carbons (Fsp3) is 0.833. The Bertz CT molecular complexity index is 269. The van der Waals surface area contributed by atoms with Crippen molar-refractivity contribution in [3.8, 4) is 0 Å². The van der Waals surface area contributed by atoms with E-state index in [0.717, 1.165) is 0 Å². The molecule has 0 heterocycles. The lowest BCUT2D eigenvalue weighted by Crippen LogP contribution is -2.51. The van der Waals surface area contributed by atoms with Gasteiger partial charge in [-0.3, -0.25) is 9.59 Å². The quantitative estimate of drug-likeness (QED) is 0.554. The number of methoxy groups -OCH3 is 1. The van der Waals surface area contributed by atoms with Crippen LogP contribution in [0.15, 0.2) is 0 Å². The molecule has 2 atom stereocenters. The van der Waals surface area contributed by atoms with Gasteiger partial charge in [-0.2, -0.15) is 0 Å². The Morgan fingerprint density at radius 2 is 1.89 bits per heavy atom. The molecule has 2 unspecified atom stereocenters. The van der Waals surface area contributed by atoms with Crippen molar-refractivity contribution in [2.45, 2.75) is 38.8 Å². The molecule has 18 heavy (non-hydrogen) atoms. The van der Waals surface area contributed by atoms with Crippen LogP contribution in [0.5, 0.6) is 0 Å². The Morgan fingerprint density at radius 1 is 1.28 bits per heavy atom. The SMILES string of the molecule is CNC(=O)C(CC(C)C)NC(=O)C(N)CCOC. The highest BCUT2D eigenvalue weighted by atomic mass is 16.5. The molecule has 0 aromatic carbocycles. The smallest absolute Gasteiger partial charge is 0.242 e. The van der Waals surface area contributed by atoms with Crippen molar-refractivity contribution < 1.29 is 14.3 Å². The average molecular weight is 259 g/mol. The number of hydrogen-bond acceptors (Lipinski definition) is 4. The summed E-state index contributed by atoms with van der Waals surface area (Å²) >= 11 is 0. The van der Waals surface area contributed by atoms with Gasteiger partial charge in [-0.25, -0.2) is 0 Å². The lowest BCUT2D eigenvalue weighted by Gasteiger charge is -2.21. The fourth-order valence-electron chi connectivity index (χ4n) is 1.53. The van der Waals surface area contributed by atoms with E-state index in [4.69, 9.17) is 10.5 Å². The van der Waals surface area contributed by atoms with E-state index < -0.39 is 12.1 Å². The summed E-state index contributed by atoms with van der Waals surface area (Å²) in [4.78, 5) is 23.4. The maximum atomic E-state index is 11.8. The molecule has 0 rings (SSSR count). The third-order valence-corrected chi connectivity index (χ3v) is 2.56. The van der Waals surface area contributed by atoms with Crippen LogP contribution in [0.1, 0.15) is 26.7 Å². The third-order valence-electron chi connectivity index (χ3n) is 2.56. The predicted molar refractivity (Wildman–Crippen MR) is 69.9 cm³/mol. The average Bonchev–Trinajstić information content (AvgIpc) is 2.33. The molecule has 0 aliphatic carbocycles. The molecule has 0 bridgehead atoms. The molecule has 6 heteroatoms. The minimum atomic E-state index is -0.649. The number of nitrogens with one attached hydrogen (secondary N) is 2. The van der Waals surface area contributed by atoms with Crippen molar-refractivity contribution in [1.29, 1.82) is 0 Å². The van der Waals surface area contributed by atoms with Crippen LogP contribution in [0.3, 0.4) is 0 Å². The highest BCUT2D eigenvalue weighted by molar-refractivity contribution is 5.89. The number of amides is 2. The highest BCUT2D eigenvalue weighted by Gasteiger charge is 2.23. The second-order valence-electron chi connectivity index (χ2n) is 4.69. The zero-order valence-corrected chi connectivity index (χ0v) is 11.7. The van der Waals surface area contributed by atoms with Crippen molar-refractivity contribution in [3.05, 3.63) is 0 Å². The van der Waals surface area contributed by atoms with Crippen molar-refractivity contribution in [2.24, 2.45) is 11.7 Å². The Hall–Kier alpha value is -1.14. The van der Waals surface area contributed by atoms with Gasteiger partial charge in [0, 0.05) is 20.8 Å². The van der Waals surface area contributed by atoms with Crippen LogP contribution < -0.4 is 16.4 Å². The van der Waals surface area contributed by atoms with E-state index in [9.17, 15) is 9.59 Å². The van der Waals surface area contributed by atoms with Gasteiger partial charge in [0.15, 0.2) is 0 Å². The Balaban J connectivity index is 4.38. The molecular weight excluding hydrogens is 234 g/mol. The maximum absolute atomic E-state index is 11.8. The van der Waals surface area contributed by atoms with Gasteiger partial charge in [0.05, 0.1) is 6.04 Å². The van der Waals surface area contributed by atoms with Gasteiger partial charge < -0.3 is 21.1 Å². The van der Waals surface area contributed by atoms with Crippen molar-refractivity contribution >= 4 is 11.8 Å². The van der Waals surface area contributed by atoms with Crippen LogP contribution in [-0.2, 0) is 14.3 Å². The van der Waals surface area contributed by atoms with Crippen LogP contribution in [-0.4, -0.2) is 44.7 Å². The van der Waals surface area contributed by atoms with Gasteiger partial charge in [0.1, 0.15) is 6.04 Å². The van der Waals surface area contributed by atoms with Gasteiger partial charge in [-0.15, -0.1) is 0 Å². The van der Waals surface area contributed by atoms with Crippen LogP contribution in [0.25, 0.3) is 0 Å². The van der Waals surface area contributed by atoms with E-state index in [1.165, 1.54) is 0 Å². The second kappa shape index (κ2) is 8.88. The van der Waals surface area contributed by atoms with E-state index >= 15 is 0 Å². The highest BCUT2D eigenvalue weighted by Crippen LogP contribution is 2.05. The molecule has 0 aliphatic rings. The van der Waals surface area contributed by atoms with Gasteiger partial charge in [0.2, 0.25) is 11.8 Å². The van der Waals surface area contributed by atoms with Crippen LogP contribution >= 0.6 is 0 Å². The molecule has 0 radical (unpaired) electrons. The normalized spacial score (nSPS) is 14.1. The van der Waals surface area contributed by atoms with Crippen LogP contribution in [0, 0.1) is 5.92 Å². The minimum absolute atomic E-state index is 0.198. The topological polar surface area (TPSA) is 93.5 Å². The summed E-state index contributed by atoms with van der Waals surface area (Å²) in [5.74, 6) is -0.208. The van der Waals surface area contributed by atoms with E-state index in [0.29, 0.717) is 25.4 Å². The zero-order chi connectivity index (χ0) is 14.1. The van der Waals surface area contributed by atoms with Gasteiger partial charge in [-0.05, 0) is 18.8 Å². The first-order valence-electron chi connectivity index (χ1n) is 6.18. The summed E-state index contributed by atoms with van der Waals surface area (Å²) < 4.78 is 4.86. The standard InChI is InChI=1S/C12H25N3O3/c1-8(2)7-10(12(17)14-3)15-11(16)9(13)5-6-18-4/h8-10H,5-7,13H2,1-4H3,(H,14,17)(H,15,16). The predicted octanol–water partition coefficient (Wildman–Crippen LogP) is -0.373. The molecular formula is C12H25N3O3. The van der Waals surface area contributed by atoms with Gasteiger partial charge in [-0.1, -0.05) is 13.8 Å². The third kappa shape index (κ3) is 6.56. The molecule has 6 nitrogen and oxygen atoms in total. The minimum Gasteiger partial charge on any atom is -0.385 e. The summed E-state index contributed by atoms with van der Waals surface area (Å²) in [7, 11) is 3.10. The molecule has 0 fully saturated rings. The molecule has 0 saturated carbocycles. The van der Waals surface area contributed by atoms with E-state index in [1.807, 2.05) is 13.8 Å². The van der Waals surface area contributed by atoms with Gasteiger partial charge >= 0.3 is 0 Å². The van der Waals surface area contributed by atoms with Crippen molar-refractivity contribution in [1.82, 2.24) is 10.6 Å². The first kappa shape index (κ1) is 16.9. The number of carbonyl (C=O) groups excluding carboxylic acids is 2.